The summed E-state index contributed by atoms with van der Waals surface area (Å²) in [6, 6.07) is 0. The molecule has 17 heavy (non-hydrogen) atoms. The van der Waals surface area contributed by atoms with Crippen molar-refractivity contribution in [1.82, 2.24) is 10.2 Å². The molecular formula is C11H20N4OS. The van der Waals surface area contributed by atoms with Gasteiger partial charge in [-0.25, -0.2) is 0 Å². The molecule has 0 aliphatic rings. The molecule has 0 aliphatic carbocycles. The summed E-state index contributed by atoms with van der Waals surface area (Å²) in [7, 11) is 0. The zero-order chi connectivity index (χ0) is 12.7. The van der Waals surface area contributed by atoms with Gasteiger partial charge in [-0.1, -0.05) is 25.2 Å². The molecule has 0 spiro atoms. The second-order valence-corrected chi connectivity index (χ2v) is 4.91. The quantitative estimate of drug-likeness (QED) is 0.783. The van der Waals surface area contributed by atoms with E-state index in [0.29, 0.717) is 30.4 Å². The monoisotopic (exact) mass is 256 g/mol. The van der Waals surface area contributed by atoms with Gasteiger partial charge in [-0.05, 0) is 25.8 Å². The molecule has 6 heteroatoms. The minimum atomic E-state index is -0.0392. The average molecular weight is 256 g/mol. The van der Waals surface area contributed by atoms with Crippen molar-refractivity contribution in [2.45, 2.75) is 45.4 Å². The van der Waals surface area contributed by atoms with E-state index in [9.17, 15) is 4.79 Å². The Morgan fingerprint density at radius 3 is 2.71 bits per heavy atom. The molecule has 0 atom stereocenters. The summed E-state index contributed by atoms with van der Waals surface area (Å²) in [6.45, 7) is 4.80. The number of aromatic nitrogens is 2. The van der Waals surface area contributed by atoms with Crippen LogP contribution >= 0.6 is 11.3 Å². The maximum atomic E-state index is 11.5. The van der Waals surface area contributed by atoms with Crippen molar-refractivity contribution >= 4 is 22.4 Å². The number of carbonyl (C=O) groups is 1. The Labute approximate surface area is 106 Å². The zero-order valence-electron chi connectivity index (χ0n) is 10.4. The Morgan fingerprint density at radius 1 is 1.41 bits per heavy atom. The van der Waals surface area contributed by atoms with E-state index in [1.165, 1.54) is 11.3 Å². The third-order valence-corrected chi connectivity index (χ3v) is 3.63. The zero-order valence-corrected chi connectivity index (χ0v) is 11.2. The van der Waals surface area contributed by atoms with Crippen LogP contribution in [0.1, 0.15) is 50.5 Å². The highest BCUT2D eigenvalue weighted by Gasteiger charge is 2.14. The normalized spacial score (nSPS) is 10.8. The van der Waals surface area contributed by atoms with Crippen LogP contribution in [0.4, 0.5) is 5.13 Å². The van der Waals surface area contributed by atoms with Crippen LogP contribution in [-0.2, 0) is 4.79 Å². The summed E-state index contributed by atoms with van der Waals surface area (Å²) in [5, 5.41) is 12.5. The van der Waals surface area contributed by atoms with E-state index in [-0.39, 0.29) is 5.91 Å². The molecule has 0 saturated heterocycles. The van der Waals surface area contributed by atoms with Gasteiger partial charge in [0.25, 0.3) is 0 Å². The van der Waals surface area contributed by atoms with E-state index in [1.807, 2.05) is 0 Å². The Kier molecular flexibility index (Phi) is 6.07. The average Bonchev–Trinajstić information content (AvgIpc) is 2.76. The van der Waals surface area contributed by atoms with Crippen molar-refractivity contribution in [3.63, 3.8) is 0 Å². The van der Waals surface area contributed by atoms with Gasteiger partial charge in [0.2, 0.25) is 11.0 Å². The topological polar surface area (TPSA) is 80.9 Å². The largest absolute Gasteiger partial charge is 0.330 e. The highest BCUT2D eigenvalue weighted by atomic mass is 32.1. The van der Waals surface area contributed by atoms with Crippen LogP contribution in [0.5, 0.6) is 0 Å². The fraction of sp³-hybridized carbons (Fsp3) is 0.727. The molecule has 1 aromatic rings. The molecule has 0 saturated carbocycles. The molecule has 5 nitrogen and oxygen atoms in total. The molecule has 0 aromatic carbocycles. The first kappa shape index (κ1) is 14.1. The Morgan fingerprint density at radius 2 is 2.12 bits per heavy atom. The van der Waals surface area contributed by atoms with Gasteiger partial charge in [-0.2, -0.15) is 0 Å². The number of amides is 1. The first-order valence-electron chi connectivity index (χ1n) is 6.04. The fourth-order valence-corrected chi connectivity index (χ4v) is 2.56. The van der Waals surface area contributed by atoms with E-state index in [2.05, 4.69) is 29.4 Å². The molecule has 1 amide bonds. The van der Waals surface area contributed by atoms with Crippen molar-refractivity contribution in [2.24, 2.45) is 5.73 Å². The second kappa shape index (κ2) is 7.34. The van der Waals surface area contributed by atoms with Crippen molar-refractivity contribution in [3.8, 4) is 0 Å². The third-order valence-electron chi connectivity index (χ3n) is 2.63. The Hall–Kier alpha value is -1.01. The number of nitrogens with zero attached hydrogens (tertiary/aromatic N) is 2. The predicted molar refractivity (Wildman–Crippen MR) is 70.2 cm³/mol. The van der Waals surface area contributed by atoms with E-state index in [4.69, 9.17) is 5.73 Å². The molecule has 0 fully saturated rings. The van der Waals surface area contributed by atoms with Gasteiger partial charge < -0.3 is 11.1 Å². The minimum absolute atomic E-state index is 0.0392. The van der Waals surface area contributed by atoms with Crippen LogP contribution < -0.4 is 11.1 Å². The first-order valence-corrected chi connectivity index (χ1v) is 6.86. The lowest BCUT2D eigenvalue weighted by Crippen LogP contribution is -2.13. The van der Waals surface area contributed by atoms with Crippen LogP contribution in [0.3, 0.4) is 0 Å². The second-order valence-electron chi connectivity index (χ2n) is 3.90. The first-order chi connectivity index (χ1) is 8.21. The summed E-state index contributed by atoms with van der Waals surface area (Å²) in [6.07, 6.45) is 3.24. The third kappa shape index (κ3) is 4.40. The summed E-state index contributed by atoms with van der Waals surface area (Å²) < 4.78 is 0. The molecule has 1 rings (SSSR count). The van der Waals surface area contributed by atoms with Gasteiger partial charge in [0.05, 0.1) is 0 Å². The van der Waals surface area contributed by atoms with Crippen molar-refractivity contribution in [1.29, 1.82) is 0 Å². The van der Waals surface area contributed by atoms with Crippen LogP contribution in [0.15, 0.2) is 0 Å². The van der Waals surface area contributed by atoms with Crippen molar-refractivity contribution in [2.75, 3.05) is 11.9 Å². The number of anilines is 1. The highest BCUT2D eigenvalue weighted by molar-refractivity contribution is 7.15. The smallest absolute Gasteiger partial charge is 0.226 e. The fourth-order valence-electron chi connectivity index (χ4n) is 1.53. The Bertz CT molecular complexity index is 349. The number of rotatable bonds is 7. The predicted octanol–water partition coefficient (Wildman–Crippen LogP) is 2.12. The van der Waals surface area contributed by atoms with Crippen LogP contribution in [0.2, 0.25) is 0 Å². The van der Waals surface area contributed by atoms with Crippen molar-refractivity contribution in [3.05, 3.63) is 5.01 Å². The van der Waals surface area contributed by atoms with E-state index < -0.39 is 0 Å². The maximum Gasteiger partial charge on any atom is 0.226 e. The van der Waals surface area contributed by atoms with Gasteiger partial charge in [0.15, 0.2) is 0 Å². The summed E-state index contributed by atoms with van der Waals surface area (Å²) in [5.74, 6) is 0.407. The molecule has 1 heterocycles. The molecule has 0 bridgehead atoms. The molecule has 0 unspecified atom stereocenters. The lowest BCUT2D eigenvalue weighted by Gasteiger charge is -2.05. The van der Waals surface area contributed by atoms with Gasteiger partial charge in [0.1, 0.15) is 5.01 Å². The van der Waals surface area contributed by atoms with E-state index >= 15 is 0 Å². The molecule has 0 radical (unpaired) electrons. The van der Waals surface area contributed by atoms with E-state index in [0.717, 1.165) is 17.8 Å². The number of nitrogens with two attached hydrogens (primary N) is 1. The van der Waals surface area contributed by atoms with Crippen LogP contribution in [0.25, 0.3) is 0 Å². The number of hydrogen-bond donors (Lipinski definition) is 2. The number of hydrogen-bond acceptors (Lipinski definition) is 5. The molecule has 1 aromatic heterocycles. The minimum Gasteiger partial charge on any atom is -0.330 e. The van der Waals surface area contributed by atoms with Crippen LogP contribution in [-0.4, -0.2) is 22.6 Å². The summed E-state index contributed by atoms with van der Waals surface area (Å²) in [5.41, 5.74) is 5.34. The van der Waals surface area contributed by atoms with Gasteiger partial charge >= 0.3 is 0 Å². The highest BCUT2D eigenvalue weighted by Crippen LogP contribution is 2.27. The number of nitrogens with one attached hydrogen (secondary N) is 1. The van der Waals surface area contributed by atoms with Crippen LogP contribution in [0, 0.1) is 0 Å². The summed E-state index contributed by atoms with van der Waals surface area (Å²) in [4.78, 5) is 11.5. The molecule has 96 valence electrons. The van der Waals surface area contributed by atoms with Gasteiger partial charge in [-0.15, -0.1) is 10.2 Å². The molecular weight excluding hydrogens is 236 g/mol. The Balaban J connectivity index is 2.53. The molecule has 0 aliphatic heterocycles. The SMILES string of the molecule is CCC(CC)c1nnc(NC(=O)CCCN)s1. The van der Waals surface area contributed by atoms with E-state index in [1.54, 1.807) is 0 Å². The molecule has 3 N–H and O–H groups in total. The van der Waals surface area contributed by atoms with Crippen molar-refractivity contribution < 1.29 is 4.79 Å². The lowest BCUT2D eigenvalue weighted by molar-refractivity contribution is -0.116. The van der Waals surface area contributed by atoms with Gasteiger partial charge in [0, 0.05) is 12.3 Å². The maximum absolute atomic E-state index is 11.5. The van der Waals surface area contributed by atoms with Gasteiger partial charge in [-0.3, -0.25) is 4.79 Å². The lowest BCUT2D eigenvalue weighted by atomic mass is 10.1. The standard InChI is InChI=1S/C11H20N4OS/c1-3-8(4-2)10-14-15-11(17-10)13-9(16)6-5-7-12/h8H,3-7,12H2,1-2H3,(H,13,15,16). The number of carbonyl (C=O) groups excluding carboxylic acids is 1. The summed E-state index contributed by atoms with van der Waals surface area (Å²) >= 11 is 1.47.